The molecular formula is C17H44N4. The van der Waals surface area contributed by atoms with Gasteiger partial charge >= 0.3 is 0 Å². The van der Waals surface area contributed by atoms with E-state index in [-0.39, 0.29) is 0 Å². The van der Waals surface area contributed by atoms with Crippen molar-refractivity contribution in [2.24, 2.45) is 5.73 Å². The number of hydrogen-bond donors (Lipinski definition) is 3. The van der Waals surface area contributed by atoms with Crippen molar-refractivity contribution in [3.8, 4) is 0 Å². The summed E-state index contributed by atoms with van der Waals surface area (Å²) in [7, 11) is 3.75. The first-order chi connectivity index (χ1) is 10.1. The first kappa shape index (κ1) is 25.8. The number of nitrogens with zero attached hydrogens (tertiary/aromatic N) is 1. The molecule has 0 amide bonds. The van der Waals surface area contributed by atoms with Crippen molar-refractivity contribution in [1.82, 2.24) is 15.5 Å². The molecule has 132 valence electrons. The minimum absolute atomic E-state index is 0.701. The quantitative estimate of drug-likeness (QED) is 0.581. The summed E-state index contributed by atoms with van der Waals surface area (Å²) in [6.07, 6.45) is 5.04. The highest BCUT2D eigenvalue weighted by Crippen LogP contribution is 2.00. The van der Waals surface area contributed by atoms with E-state index < -0.39 is 0 Å². The Bertz CT molecular complexity index is 138. The average Bonchev–Trinajstić information content (AvgIpc) is 2.47. The second-order valence-electron chi connectivity index (χ2n) is 5.28. The van der Waals surface area contributed by atoms with Crippen molar-refractivity contribution in [3.63, 3.8) is 0 Å². The van der Waals surface area contributed by atoms with Crippen LogP contribution in [-0.4, -0.2) is 57.8 Å². The Balaban J connectivity index is -0.000000460. The van der Waals surface area contributed by atoms with Crippen molar-refractivity contribution in [1.29, 1.82) is 0 Å². The van der Waals surface area contributed by atoms with Gasteiger partial charge in [0.25, 0.3) is 0 Å². The van der Waals surface area contributed by atoms with Gasteiger partial charge in [0.15, 0.2) is 0 Å². The van der Waals surface area contributed by atoms with Crippen LogP contribution in [0.15, 0.2) is 0 Å². The third-order valence-corrected chi connectivity index (χ3v) is 2.88. The molecule has 0 aromatic rings. The van der Waals surface area contributed by atoms with Crippen LogP contribution in [0.2, 0.25) is 0 Å². The molecule has 0 aliphatic rings. The van der Waals surface area contributed by atoms with Crippen LogP contribution in [0.3, 0.4) is 0 Å². The summed E-state index contributed by atoms with van der Waals surface area (Å²) in [4.78, 5) is 2.39. The van der Waals surface area contributed by atoms with E-state index in [1.807, 2.05) is 14.1 Å². The number of nitrogens with two attached hydrogens (primary N) is 1. The highest BCUT2D eigenvalue weighted by molar-refractivity contribution is 4.66. The molecule has 0 bridgehead atoms. The zero-order valence-corrected chi connectivity index (χ0v) is 16.0. The van der Waals surface area contributed by atoms with Crippen molar-refractivity contribution < 1.29 is 0 Å². The van der Waals surface area contributed by atoms with Crippen LogP contribution in [0.25, 0.3) is 0 Å². The molecule has 0 spiro atoms. The molecule has 0 saturated carbocycles. The molecule has 0 rings (SSSR count). The second kappa shape index (κ2) is 24.8. The molecule has 1 unspecified atom stereocenters. The lowest BCUT2D eigenvalue weighted by atomic mass is 10.1. The predicted molar refractivity (Wildman–Crippen MR) is 99.1 cm³/mol. The molecule has 4 N–H and O–H groups in total. The molecule has 21 heavy (non-hydrogen) atoms. The summed E-state index contributed by atoms with van der Waals surface area (Å²) in [6.45, 7) is 16.0. The summed E-state index contributed by atoms with van der Waals surface area (Å²) in [5, 5.41) is 6.36. The number of nitrogens with one attached hydrogen (secondary N) is 2. The minimum Gasteiger partial charge on any atom is -0.329 e. The van der Waals surface area contributed by atoms with Crippen molar-refractivity contribution in [2.75, 3.05) is 46.8 Å². The van der Waals surface area contributed by atoms with Crippen LogP contribution in [-0.2, 0) is 0 Å². The molecule has 4 nitrogen and oxygen atoms in total. The molecule has 0 saturated heterocycles. The second-order valence-corrected chi connectivity index (χ2v) is 5.28. The summed E-state index contributed by atoms with van der Waals surface area (Å²) < 4.78 is 0. The van der Waals surface area contributed by atoms with Gasteiger partial charge in [-0.15, -0.1) is 0 Å². The standard InChI is InChI=1S/C12H29N3.C3H8.C2H7N/c1-4-7-12(5-2)14-9-11-15(6-3)10-8-13;2*1-3-2/h12,14H,4-11,13H2,1-3H3;3H2,1-2H3;3H,1-2H3. The summed E-state index contributed by atoms with van der Waals surface area (Å²) in [5.74, 6) is 0. The summed E-state index contributed by atoms with van der Waals surface area (Å²) in [6, 6.07) is 0.701. The smallest absolute Gasteiger partial charge is 0.0107 e. The normalized spacial score (nSPS) is 11.3. The van der Waals surface area contributed by atoms with E-state index in [9.17, 15) is 0 Å². The first-order valence-corrected chi connectivity index (χ1v) is 8.85. The molecule has 0 aliphatic carbocycles. The van der Waals surface area contributed by atoms with Gasteiger partial charge in [-0.25, -0.2) is 0 Å². The fourth-order valence-electron chi connectivity index (χ4n) is 1.84. The van der Waals surface area contributed by atoms with Crippen molar-refractivity contribution in [3.05, 3.63) is 0 Å². The van der Waals surface area contributed by atoms with Gasteiger partial charge in [0.05, 0.1) is 0 Å². The van der Waals surface area contributed by atoms with Crippen molar-refractivity contribution in [2.45, 2.75) is 66.3 Å². The molecule has 0 aromatic heterocycles. The van der Waals surface area contributed by atoms with Crippen LogP contribution >= 0.6 is 0 Å². The van der Waals surface area contributed by atoms with Gasteiger partial charge in [0.1, 0.15) is 0 Å². The maximum Gasteiger partial charge on any atom is 0.0107 e. The number of likely N-dealkylation sites (N-methyl/N-ethyl adjacent to an activating group) is 1. The Kier molecular flexibility index (Phi) is 30.5. The van der Waals surface area contributed by atoms with Gasteiger partial charge in [-0.1, -0.05) is 47.5 Å². The van der Waals surface area contributed by atoms with Crippen molar-refractivity contribution >= 4 is 0 Å². The molecular weight excluding hydrogens is 260 g/mol. The Labute approximate surface area is 135 Å². The van der Waals surface area contributed by atoms with Crippen LogP contribution in [0.5, 0.6) is 0 Å². The largest absolute Gasteiger partial charge is 0.329 e. The van der Waals surface area contributed by atoms with Gasteiger partial charge in [0.2, 0.25) is 0 Å². The maximum atomic E-state index is 5.55. The molecule has 4 heteroatoms. The number of hydrogen-bond acceptors (Lipinski definition) is 4. The van der Waals surface area contributed by atoms with E-state index in [0.29, 0.717) is 6.04 Å². The van der Waals surface area contributed by atoms with E-state index in [1.54, 1.807) is 0 Å². The Morgan fingerprint density at radius 1 is 1.00 bits per heavy atom. The lowest BCUT2D eigenvalue weighted by Crippen LogP contribution is -2.38. The van der Waals surface area contributed by atoms with Crippen LogP contribution in [0, 0.1) is 0 Å². The Hall–Kier alpha value is -0.160. The maximum absolute atomic E-state index is 5.55. The minimum atomic E-state index is 0.701. The van der Waals surface area contributed by atoms with Gasteiger partial charge in [-0.2, -0.15) is 0 Å². The molecule has 0 aliphatic heterocycles. The van der Waals surface area contributed by atoms with Gasteiger partial charge < -0.3 is 21.3 Å². The molecule has 0 heterocycles. The van der Waals surface area contributed by atoms with Gasteiger partial charge in [-0.3, -0.25) is 0 Å². The molecule has 0 aromatic carbocycles. The van der Waals surface area contributed by atoms with Gasteiger partial charge in [-0.05, 0) is 33.5 Å². The fourth-order valence-corrected chi connectivity index (χ4v) is 1.84. The fraction of sp³-hybridized carbons (Fsp3) is 1.00. The van der Waals surface area contributed by atoms with Crippen LogP contribution in [0.4, 0.5) is 0 Å². The van der Waals surface area contributed by atoms with E-state index in [4.69, 9.17) is 5.73 Å². The third-order valence-electron chi connectivity index (χ3n) is 2.88. The lowest BCUT2D eigenvalue weighted by Gasteiger charge is -2.22. The highest BCUT2D eigenvalue weighted by Gasteiger charge is 2.05. The zero-order valence-electron chi connectivity index (χ0n) is 16.0. The van der Waals surface area contributed by atoms with Crippen LogP contribution < -0.4 is 16.4 Å². The van der Waals surface area contributed by atoms with E-state index in [0.717, 1.165) is 32.7 Å². The van der Waals surface area contributed by atoms with E-state index in [1.165, 1.54) is 25.7 Å². The predicted octanol–water partition coefficient (Wildman–Crippen LogP) is 2.69. The molecule has 1 atom stereocenters. The Morgan fingerprint density at radius 3 is 1.86 bits per heavy atom. The molecule has 0 radical (unpaired) electrons. The summed E-state index contributed by atoms with van der Waals surface area (Å²) >= 11 is 0. The monoisotopic (exact) mass is 304 g/mol. The number of rotatable bonds is 10. The third kappa shape index (κ3) is 25.2. The lowest BCUT2D eigenvalue weighted by molar-refractivity contribution is 0.286. The van der Waals surface area contributed by atoms with Gasteiger partial charge in [0, 0.05) is 32.2 Å². The topological polar surface area (TPSA) is 53.3 Å². The first-order valence-electron chi connectivity index (χ1n) is 8.85. The average molecular weight is 305 g/mol. The highest BCUT2D eigenvalue weighted by atomic mass is 15.1. The van der Waals surface area contributed by atoms with Crippen LogP contribution in [0.1, 0.15) is 60.3 Å². The van der Waals surface area contributed by atoms with E-state index >= 15 is 0 Å². The Morgan fingerprint density at radius 2 is 1.52 bits per heavy atom. The SMILES string of the molecule is CCC.CCCC(CC)NCCN(CC)CCN.CNC. The zero-order chi connectivity index (χ0) is 16.9. The van der Waals surface area contributed by atoms with E-state index in [2.05, 4.69) is 50.2 Å². The summed E-state index contributed by atoms with van der Waals surface area (Å²) in [5.41, 5.74) is 5.55. The molecule has 0 fully saturated rings.